The van der Waals surface area contributed by atoms with E-state index in [1.54, 1.807) is 18.5 Å². The number of hydrogen-bond donors (Lipinski definition) is 1. The molecule has 5 nitrogen and oxygen atoms in total. The number of anilines is 1. The van der Waals surface area contributed by atoms with Crippen LogP contribution in [0.5, 0.6) is 0 Å². The van der Waals surface area contributed by atoms with Gasteiger partial charge in [-0.2, -0.15) is 0 Å². The van der Waals surface area contributed by atoms with E-state index >= 15 is 0 Å². The Kier molecular flexibility index (Phi) is 3.34. The molecule has 1 fully saturated rings. The molecule has 1 aromatic rings. The molecule has 0 bridgehead atoms. The van der Waals surface area contributed by atoms with Crippen LogP contribution in [0.3, 0.4) is 0 Å². The summed E-state index contributed by atoms with van der Waals surface area (Å²) >= 11 is 0. The number of piperidine rings is 1. The summed E-state index contributed by atoms with van der Waals surface area (Å²) in [5.41, 5.74) is 5.26. The molecule has 1 aromatic heterocycles. The van der Waals surface area contributed by atoms with Gasteiger partial charge >= 0.3 is 0 Å². The number of carbonyl (C=O) groups is 1. The molecule has 0 radical (unpaired) electrons. The monoisotopic (exact) mass is 220 g/mol. The van der Waals surface area contributed by atoms with Gasteiger partial charge in [0.1, 0.15) is 0 Å². The van der Waals surface area contributed by atoms with Gasteiger partial charge in [-0.05, 0) is 25.3 Å². The van der Waals surface area contributed by atoms with E-state index in [4.69, 9.17) is 5.73 Å². The number of nitrogens with two attached hydrogens (primary N) is 1. The SMILES string of the molecule is NC(=O)C[C@H]1CCCCN1c1ncccn1. The van der Waals surface area contributed by atoms with Crippen molar-refractivity contribution in [2.75, 3.05) is 11.4 Å². The van der Waals surface area contributed by atoms with Gasteiger partial charge in [-0.25, -0.2) is 9.97 Å². The topological polar surface area (TPSA) is 72.1 Å². The smallest absolute Gasteiger partial charge is 0.225 e. The molecular weight excluding hydrogens is 204 g/mol. The van der Waals surface area contributed by atoms with E-state index in [0.29, 0.717) is 12.4 Å². The highest BCUT2D eigenvalue weighted by atomic mass is 16.1. The zero-order valence-corrected chi connectivity index (χ0v) is 9.17. The molecule has 0 saturated carbocycles. The van der Waals surface area contributed by atoms with Crippen molar-refractivity contribution in [2.45, 2.75) is 31.7 Å². The van der Waals surface area contributed by atoms with Gasteiger partial charge in [-0.15, -0.1) is 0 Å². The number of primary amides is 1. The van der Waals surface area contributed by atoms with Gasteiger partial charge in [0.15, 0.2) is 0 Å². The van der Waals surface area contributed by atoms with Crippen molar-refractivity contribution in [1.29, 1.82) is 0 Å². The normalized spacial score (nSPS) is 20.8. The zero-order valence-electron chi connectivity index (χ0n) is 9.17. The van der Waals surface area contributed by atoms with Crippen LogP contribution in [0.15, 0.2) is 18.5 Å². The van der Waals surface area contributed by atoms with Crippen LogP contribution >= 0.6 is 0 Å². The van der Waals surface area contributed by atoms with Crippen LogP contribution in [0.25, 0.3) is 0 Å². The predicted molar refractivity (Wildman–Crippen MR) is 60.8 cm³/mol. The lowest BCUT2D eigenvalue weighted by Gasteiger charge is -2.35. The number of rotatable bonds is 3. The van der Waals surface area contributed by atoms with Crippen molar-refractivity contribution < 1.29 is 4.79 Å². The second-order valence-electron chi connectivity index (χ2n) is 4.06. The Morgan fingerprint density at radius 2 is 2.19 bits per heavy atom. The first kappa shape index (κ1) is 10.9. The third-order valence-electron chi connectivity index (χ3n) is 2.87. The number of carbonyl (C=O) groups excluding carboxylic acids is 1. The maximum Gasteiger partial charge on any atom is 0.225 e. The third-order valence-corrected chi connectivity index (χ3v) is 2.87. The molecule has 86 valence electrons. The molecule has 1 saturated heterocycles. The van der Waals surface area contributed by atoms with Gasteiger partial charge in [0.25, 0.3) is 0 Å². The molecule has 2 N–H and O–H groups in total. The Hall–Kier alpha value is -1.65. The van der Waals surface area contributed by atoms with E-state index in [1.807, 2.05) is 0 Å². The molecule has 0 spiro atoms. The Labute approximate surface area is 94.7 Å². The first-order valence-corrected chi connectivity index (χ1v) is 5.59. The van der Waals surface area contributed by atoms with Crippen LogP contribution in [-0.2, 0) is 4.79 Å². The minimum atomic E-state index is -0.257. The first-order valence-electron chi connectivity index (χ1n) is 5.59. The average molecular weight is 220 g/mol. The summed E-state index contributed by atoms with van der Waals surface area (Å²) in [7, 11) is 0. The summed E-state index contributed by atoms with van der Waals surface area (Å²) in [6.45, 7) is 0.905. The maximum absolute atomic E-state index is 11.0. The molecule has 2 heterocycles. The Bertz CT molecular complexity index is 354. The highest BCUT2D eigenvalue weighted by Crippen LogP contribution is 2.22. The van der Waals surface area contributed by atoms with E-state index in [1.165, 1.54) is 0 Å². The number of aromatic nitrogens is 2. The Morgan fingerprint density at radius 3 is 2.88 bits per heavy atom. The largest absolute Gasteiger partial charge is 0.370 e. The Balaban J connectivity index is 2.13. The second kappa shape index (κ2) is 4.92. The van der Waals surface area contributed by atoms with Crippen molar-refractivity contribution >= 4 is 11.9 Å². The van der Waals surface area contributed by atoms with Crippen LogP contribution < -0.4 is 10.6 Å². The van der Waals surface area contributed by atoms with E-state index in [9.17, 15) is 4.79 Å². The lowest BCUT2D eigenvalue weighted by molar-refractivity contribution is -0.118. The third kappa shape index (κ3) is 2.48. The zero-order chi connectivity index (χ0) is 11.4. The van der Waals surface area contributed by atoms with Crippen molar-refractivity contribution in [3.63, 3.8) is 0 Å². The summed E-state index contributed by atoms with van der Waals surface area (Å²) in [4.78, 5) is 21.5. The highest BCUT2D eigenvalue weighted by molar-refractivity contribution is 5.75. The molecule has 1 aliphatic rings. The van der Waals surface area contributed by atoms with Crippen LogP contribution in [0.2, 0.25) is 0 Å². The minimum Gasteiger partial charge on any atom is -0.370 e. The maximum atomic E-state index is 11.0. The summed E-state index contributed by atoms with van der Waals surface area (Å²) in [6.07, 6.45) is 7.07. The number of nitrogens with zero attached hydrogens (tertiary/aromatic N) is 3. The van der Waals surface area contributed by atoms with Crippen molar-refractivity contribution in [1.82, 2.24) is 9.97 Å². The number of amides is 1. The molecule has 1 amide bonds. The first-order chi connectivity index (χ1) is 7.77. The second-order valence-corrected chi connectivity index (χ2v) is 4.06. The molecule has 16 heavy (non-hydrogen) atoms. The number of hydrogen-bond acceptors (Lipinski definition) is 4. The quantitative estimate of drug-likeness (QED) is 0.814. The van der Waals surface area contributed by atoms with Gasteiger partial charge in [0.2, 0.25) is 11.9 Å². The molecule has 1 atom stereocenters. The molecule has 2 rings (SSSR count). The van der Waals surface area contributed by atoms with Crippen molar-refractivity contribution in [3.8, 4) is 0 Å². The lowest BCUT2D eigenvalue weighted by Crippen LogP contribution is -2.42. The molecule has 0 aliphatic carbocycles. The summed E-state index contributed by atoms with van der Waals surface area (Å²) in [5.74, 6) is 0.446. The Morgan fingerprint density at radius 1 is 1.44 bits per heavy atom. The van der Waals surface area contributed by atoms with E-state index in [-0.39, 0.29) is 11.9 Å². The highest BCUT2D eigenvalue weighted by Gasteiger charge is 2.25. The molecule has 0 aromatic carbocycles. The van der Waals surface area contributed by atoms with Gasteiger partial charge in [-0.1, -0.05) is 0 Å². The van der Waals surface area contributed by atoms with Gasteiger partial charge in [0.05, 0.1) is 0 Å². The fourth-order valence-electron chi connectivity index (χ4n) is 2.15. The molecule has 0 unspecified atom stereocenters. The van der Waals surface area contributed by atoms with Crippen LogP contribution in [-0.4, -0.2) is 28.5 Å². The van der Waals surface area contributed by atoms with Crippen LogP contribution in [0.1, 0.15) is 25.7 Å². The summed E-state index contributed by atoms with van der Waals surface area (Å²) < 4.78 is 0. The molecule has 5 heteroatoms. The van der Waals surface area contributed by atoms with Gasteiger partial charge < -0.3 is 10.6 Å². The van der Waals surface area contributed by atoms with Gasteiger partial charge in [0, 0.05) is 31.4 Å². The molecular formula is C11H16N4O. The van der Waals surface area contributed by atoms with E-state index < -0.39 is 0 Å². The van der Waals surface area contributed by atoms with Crippen LogP contribution in [0, 0.1) is 0 Å². The standard InChI is InChI=1S/C11H16N4O/c12-10(16)8-9-4-1-2-7-15(9)11-13-5-3-6-14-11/h3,5-6,9H,1-2,4,7-8H2,(H2,12,16)/t9-/m1/s1. The summed E-state index contributed by atoms with van der Waals surface area (Å²) in [5, 5.41) is 0. The summed E-state index contributed by atoms with van der Waals surface area (Å²) in [6, 6.07) is 1.95. The minimum absolute atomic E-state index is 0.161. The van der Waals surface area contributed by atoms with E-state index in [2.05, 4.69) is 14.9 Å². The lowest BCUT2D eigenvalue weighted by atomic mass is 9.99. The van der Waals surface area contributed by atoms with Crippen LogP contribution in [0.4, 0.5) is 5.95 Å². The average Bonchev–Trinajstić information content (AvgIpc) is 2.30. The fraction of sp³-hybridized carbons (Fsp3) is 0.545. The predicted octanol–water partition coefficient (Wildman–Crippen LogP) is 0.711. The van der Waals surface area contributed by atoms with Crippen molar-refractivity contribution in [3.05, 3.63) is 18.5 Å². The van der Waals surface area contributed by atoms with Crippen molar-refractivity contribution in [2.24, 2.45) is 5.73 Å². The van der Waals surface area contributed by atoms with Gasteiger partial charge in [-0.3, -0.25) is 4.79 Å². The fourth-order valence-corrected chi connectivity index (χ4v) is 2.15. The molecule has 1 aliphatic heterocycles. The van der Waals surface area contributed by atoms with E-state index in [0.717, 1.165) is 25.8 Å².